The van der Waals surface area contributed by atoms with Gasteiger partial charge in [0.1, 0.15) is 0 Å². The number of hydrogen-bond acceptors (Lipinski definition) is 2. The molecule has 1 aliphatic rings. The fraction of sp³-hybridized carbons (Fsp3) is 0.647. The maximum Gasteiger partial charge on any atom is 0.0414 e. The van der Waals surface area contributed by atoms with Gasteiger partial charge in [0.25, 0.3) is 0 Å². The maximum atomic E-state index is 6.19. The van der Waals surface area contributed by atoms with E-state index < -0.39 is 0 Å². The fourth-order valence-corrected chi connectivity index (χ4v) is 2.98. The minimum absolute atomic E-state index is 0.233. The number of nitrogens with two attached hydrogens (primary N) is 1. The van der Waals surface area contributed by atoms with Crippen molar-refractivity contribution in [2.45, 2.75) is 57.9 Å². The lowest BCUT2D eigenvalue weighted by atomic mass is 9.97. The molecule has 1 aromatic rings. The van der Waals surface area contributed by atoms with E-state index >= 15 is 0 Å². The maximum absolute atomic E-state index is 6.19. The van der Waals surface area contributed by atoms with E-state index in [0.29, 0.717) is 0 Å². The summed E-state index contributed by atoms with van der Waals surface area (Å²) < 4.78 is 0. The van der Waals surface area contributed by atoms with Crippen molar-refractivity contribution < 1.29 is 0 Å². The van der Waals surface area contributed by atoms with Crippen LogP contribution in [-0.4, -0.2) is 13.1 Å². The Morgan fingerprint density at radius 2 is 1.84 bits per heavy atom. The molecule has 0 radical (unpaired) electrons. The predicted molar refractivity (Wildman–Crippen MR) is 83.6 cm³/mol. The van der Waals surface area contributed by atoms with Gasteiger partial charge in [0.05, 0.1) is 0 Å². The number of para-hydroxylation sites is 1. The van der Waals surface area contributed by atoms with E-state index in [1.54, 1.807) is 0 Å². The second-order valence-electron chi connectivity index (χ2n) is 5.71. The normalized spacial score (nSPS) is 18.4. The van der Waals surface area contributed by atoms with Crippen LogP contribution in [0.4, 0.5) is 5.69 Å². The third-order valence-corrected chi connectivity index (χ3v) is 4.17. The van der Waals surface area contributed by atoms with Crippen LogP contribution in [0.2, 0.25) is 0 Å². The largest absolute Gasteiger partial charge is 0.371 e. The van der Waals surface area contributed by atoms with Crippen LogP contribution < -0.4 is 10.6 Å². The number of fused-ring (bicyclic) bond motifs is 1. The summed E-state index contributed by atoms with van der Waals surface area (Å²) in [5.41, 5.74) is 8.89. The van der Waals surface area contributed by atoms with Gasteiger partial charge in [-0.25, -0.2) is 0 Å². The first-order chi connectivity index (χ1) is 9.33. The van der Waals surface area contributed by atoms with Crippen LogP contribution in [-0.2, 0) is 0 Å². The Morgan fingerprint density at radius 3 is 2.68 bits per heavy atom. The summed E-state index contributed by atoms with van der Waals surface area (Å²) in [6, 6.07) is 8.88. The van der Waals surface area contributed by atoms with Crippen molar-refractivity contribution in [3.63, 3.8) is 0 Å². The van der Waals surface area contributed by atoms with Gasteiger partial charge in [0.15, 0.2) is 0 Å². The summed E-state index contributed by atoms with van der Waals surface area (Å²) in [6.07, 6.45) is 9.28. The van der Waals surface area contributed by atoms with Crippen molar-refractivity contribution in [2.24, 2.45) is 5.73 Å². The zero-order valence-corrected chi connectivity index (χ0v) is 12.3. The van der Waals surface area contributed by atoms with Gasteiger partial charge in [-0.2, -0.15) is 0 Å². The van der Waals surface area contributed by atoms with Crippen LogP contribution in [0, 0.1) is 0 Å². The molecule has 0 fully saturated rings. The van der Waals surface area contributed by atoms with Crippen molar-refractivity contribution in [3.8, 4) is 0 Å². The molecule has 2 heteroatoms. The molecule has 0 saturated heterocycles. The number of nitrogens with zero attached hydrogens (tertiary/aromatic N) is 1. The zero-order chi connectivity index (χ0) is 13.5. The number of anilines is 1. The molecule has 1 unspecified atom stereocenters. The second-order valence-corrected chi connectivity index (χ2v) is 5.71. The SMILES string of the molecule is CCCCCCCCN1CCC(N)c2ccccc21. The van der Waals surface area contributed by atoms with Gasteiger partial charge >= 0.3 is 0 Å². The molecule has 2 nitrogen and oxygen atoms in total. The third-order valence-electron chi connectivity index (χ3n) is 4.17. The van der Waals surface area contributed by atoms with Crippen LogP contribution in [0.1, 0.15) is 63.5 Å². The van der Waals surface area contributed by atoms with Gasteiger partial charge < -0.3 is 10.6 Å². The monoisotopic (exact) mass is 260 g/mol. The van der Waals surface area contributed by atoms with Crippen molar-refractivity contribution in [1.82, 2.24) is 0 Å². The Bertz CT molecular complexity index is 375. The first-order valence-corrected chi connectivity index (χ1v) is 7.92. The molecule has 0 amide bonds. The molecule has 0 bridgehead atoms. The van der Waals surface area contributed by atoms with Gasteiger partial charge in [-0.1, -0.05) is 57.2 Å². The third kappa shape index (κ3) is 3.97. The minimum atomic E-state index is 0.233. The lowest BCUT2D eigenvalue weighted by Gasteiger charge is -2.34. The smallest absolute Gasteiger partial charge is 0.0414 e. The topological polar surface area (TPSA) is 29.3 Å². The van der Waals surface area contributed by atoms with E-state index in [1.165, 1.54) is 56.3 Å². The molecular formula is C17H28N2. The van der Waals surface area contributed by atoms with Gasteiger partial charge in [0.2, 0.25) is 0 Å². The second kappa shape index (κ2) is 7.54. The van der Waals surface area contributed by atoms with Crippen molar-refractivity contribution >= 4 is 5.69 Å². The van der Waals surface area contributed by atoms with E-state index in [9.17, 15) is 0 Å². The van der Waals surface area contributed by atoms with Gasteiger partial charge in [-0.15, -0.1) is 0 Å². The molecule has 2 N–H and O–H groups in total. The van der Waals surface area contributed by atoms with Gasteiger partial charge in [0, 0.05) is 24.8 Å². The standard InChI is InChI=1S/C17H28N2/c1-2-3-4-5-6-9-13-19-14-12-16(18)15-10-7-8-11-17(15)19/h7-8,10-11,16H,2-6,9,12-14,18H2,1H3. The highest BCUT2D eigenvalue weighted by atomic mass is 15.1. The lowest BCUT2D eigenvalue weighted by Crippen LogP contribution is -2.34. The Labute approximate surface area is 118 Å². The average molecular weight is 260 g/mol. The van der Waals surface area contributed by atoms with E-state index in [2.05, 4.69) is 36.1 Å². The number of hydrogen-bond donors (Lipinski definition) is 1. The van der Waals surface area contributed by atoms with Crippen LogP contribution in [0.15, 0.2) is 24.3 Å². The van der Waals surface area contributed by atoms with Crippen molar-refractivity contribution in [3.05, 3.63) is 29.8 Å². The number of unbranched alkanes of at least 4 members (excludes halogenated alkanes) is 5. The van der Waals surface area contributed by atoms with E-state index in [1.807, 2.05) is 0 Å². The van der Waals surface area contributed by atoms with Crippen LogP contribution >= 0.6 is 0 Å². The molecule has 1 aromatic carbocycles. The molecular weight excluding hydrogens is 232 g/mol. The molecule has 1 heterocycles. The van der Waals surface area contributed by atoms with Crippen molar-refractivity contribution in [1.29, 1.82) is 0 Å². The van der Waals surface area contributed by atoms with Crippen LogP contribution in [0.5, 0.6) is 0 Å². The summed E-state index contributed by atoms with van der Waals surface area (Å²) in [5.74, 6) is 0. The minimum Gasteiger partial charge on any atom is -0.371 e. The Hall–Kier alpha value is -1.02. The Morgan fingerprint density at radius 1 is 1.11 bits per heavy atom. The van der Waals surface area contributed by atoms with Gasteiger partial charge in [-0.05, 0) is 24.5 Å². The Kier molecular flexibility index (Phi) is 5.71. The number of rotatable bonds is 7. The molecule has 0 spiro atoms. The lowest BCUT2D eigenvalue weighted by molar-refractivity contribution is 0.559. The Balaban J connectivity index is 1.80. The summed E-state index contributed by atoms with van der Waals surface area (Å²) in [7, 11) is 0. The summed E-state index contributed by atoms with van der Waals surface area (Å²) >= 11 is 0. The first kappa shape index (κ1) is 14.4. The van der Waals surface area contributed by atoms with E-state index in [4.69, 9.17) is 5.73 Å². The molecule has 2 rings (SSSR count). The van der Waals surface area contributed by atoms with E-state index in [-0.39, 0.29) is 6.04 Å². The van der Waals surface area contributed by atoms with E-state index in [0.717, 1.165) is 13.0 Å². The highest BCUT2D eigenvalue weighted by molar-refractivity contribution is 5.56. The van der Waals surface area contributed by atoms with Gasteiger partial charge in [-0.3, -0.25) is 0 Å². The number of benzene rings is 1. The molecule has 106 valence electrons. The first-order valence-electron chi connectivity index (χ1n) is 7.92. The zero-order valence-electron chi connectivity index (χ0n) is 12.3. The molecule has 0 saturated carbocycles. The van der Waals surface area contributed by atoms with Crippen LogP contribution in [0.3, 0.4) is 0 Å². The summed E-state index contributed by atoms with van der Waals surface area (Å²) in [4.78, 5) is 2.53. The van der Waals surface area contributed by atoms with Crippen molar-refractivity contribution in [2.75, 3.05) is 18.0 Å². The quantitative estimate of drug-likeness (QED) is 0.742. The molecule has 1 atom stereocenters. The fourth-order valence-electron chi connectivity index (χ4n) is 2.98. The predicted octanol–water partition coefficient (Wildman–Crippen LogP) is 4.26. The van der Waals surface area contributed by atoms with Crippen LogP contribution in [0.25, 0.3) is 0 Å². The highest BCUT2D eigenvalue weighted by Gasteiger charge is 2.21. The summed E-state index contributed by atoms with van der Waals surface area (Å²) in [6.45, 7) is 4.58. The summed E-state index contributed by atoms with van der Waals surface area (Å²) in [5, 5.41) is 0. The molecule has 0 aliphatic carbocycles. The highest BCUT2D eigenvalue weighted by Crippen LogP contribution is 2.32. The molecule has 19 heavy (non-hydrogen) atoms. The average Bonchev–Trinajstić information content (AvgIpc) is 2.45. The molecule has 0 aromatic heterocycles. The molecule has 1 aliphatic heterocycles.